The van der Waals surface area contributed by atoms with Crippen molar-refractivity contribution in [2.24, 2.45) is 0 Å². The minimum Gasteiger partial charge on any atom is -0.481 e. The molecule has 0 radical (unpaired) electrons. The van der Waals surface area contributed by atoms with Crippen LogP contribution in [0.4, 0.5) is 10.5 Å². The summed E-state index contributed by atoms with van der Waals surface area (Å²) in [5.74, 6) is -4.11. The van der Waals surface area contributed by atoms with Crippen molar-refractivity contribution in [1.29, 1.82) is 0 Å². The van der Waals surface area contributed by atoms with Crippen LogP contribution in [0.5, 0.6) is 0 Å². The van der Waals surface area contributed by atoms with Gasteiger partial charge in [0, 0.05) is 89.9 Å². The van der Waals surface area contributed by atoms with E-state index in [9.17, 15) is 44.1 Å². The number of carboxylic acid groups (broad SMARTS) is 4. The zero-order valence-electron chi connectivity index (χ0n) is 35.4. The maximum absolute atomic E-state index is 12.3. The van der Waals surface area contributed by atoms with Crippen molar-refractivity contribution in [3.8, 4) is 0 Å². The fourth-order valence-electron chi connectivity index (χ4n) is 6.96. The van der Waals surface area contributed by atoms with Crippen LogP contribution in [-0.2, 0) is 30.4 Å². The van der Waals surface area contributed by atoms with E-state index >= 15 is 0 Å². The van der Waals surface area contributed by atoms with Crippen molar-refractivity contribution in [3.63, 3.8) is 0 Å². The van der Waals surface area contributed by atoms with Crippen molar-refractivity contribution < 1.29 is 49.2 Å². The summed E-state index contributed by atoms with van der Waals surface area (Å²) in [6.45, 7) is 11.1. The lowest BCUT2D eigenvalue weighted by molar-refractivity contribution is -0.140. The van der Waals surface area contributed by atoms with Gasteiger partial charge in [-0.3, -0.25) is 29.0 Å². The summed E-state index contributed by atoms with van der Waals surface area (Å²) < 4.78 is 0. The Labute approximate surface area is 359 Å². The average molecular weight is 865 g/mol. The highest BCUT2D eigenvalue weighted by molar-refractivity contribution is 7.80. The SMILES string of the molecule is CCN1CCN(CC(=O)O)CCN(CC(=O)O)C(Cc2ccc(NC(=S)NCCCCCCCC(=O)CC[C@H](NC(=O)NCCCC(=O)O)C(=O)O)cc2)CN(CC)CC1. The molecule has 1 aliphatic heterocycles. The van der Waals surface area contributed by atoms with E-state index in [-0.39, 0.29) is 57.1 Å². The second-order valence-corrected chi connectivity index (χ2v) is 15.6. The van der Waals surface area contributed by atoms with E-state index in [1.807, 2.05) is 34.1 Å². The van der Waals surface area contributed by atoms with E-state index in [2.05, 4.69) is 44.9 Å². The summed E-state index contributed by atoms with van der Waals surface area (Å²) in [4.78, 5) is 78.6. The number of hydrogen-bond acceptors (Lipinski definition) is 11. The second kappa shape index (κ2) is 29.7. The zero-order valence-corrected chi connectivity index (χ0v) is 36.2. The maximum Gasteiger partial charge on any atom is 0.326 e. The van der Waals surface area contributed by atoms with Crippen LogP contribution in [0, 0.1) is 0 Å². The normalized spacial score (nSPS) is 16.7. The maximum atomic E-state index is 12.3. The van der Waals surface area contributed by atoms with Gasteiger partial charge in [0.25, 0.3) is 0 Å². The molecule has 0 saturated carbocycles. The lowest BCUT2D eigenvalue weighted by Gasteiger charge is -2.38. The van der Waals surface area contributed by atoms with Gasteiger partial charge < -0.3 is 51.5 Å². The molecule has 338 valence electrons. The van der Waals surface area contributed by atoms with Crippen LogP contribution in [0.15, 0.2) is 24.3 Å². The Kier molecular flexibility index (Phi) is 25.6. The first-order valence-corrected chi connectivity index (χ1v) is 21.6. The molecule has 1 unspecified atom stereocenters. The minimum absolute atomic E-state index is 0.0254. The molecule has 2 rings (SSSR count). The lowest BCUT2D eigenvalue weighted by atomic mass is 10.0. The molecule has 1 aromatic rings. The molecule has 60 heavy (non-hydrogen) atoms. The molecule has 18 nitrogen and oxygen atoms in total. The standard InChI is InChI=1S/C41H68N8O10S/c1-3-46-21-23-47(4-2)28-33(49(30-38(55)56)26-25-48(24-22-46)29-37(53)54)27-31-13-15-32(16-14-31)44-41(60)43-19-9-7-5-6-8-11-34(50)17-18-35(39(57)58)45-40(59)42-20-10-12-36(51)52/h13-16,33,35H,3-12,17-30H2,1-2H3,(H,51,52)(H,53,54)(H,55,56)(H,57,58)(H2,42,45,59)(H2,43,44,60)/t33?,35-/m0/s1. The molecule has 19 heteroatoms. The van der Waals surface area contributed by atoms with E-state index in [0.717, 1.165) is 69.7 Å². The Hall–Kier alpha value is -4.43. The van der Waals surface area contributed by atoms with E-state index < -0.39 is 36.0 Å². The number of aliphatic carboxylic acids is 4. The topological polar surface area (TPSA) is 244 Å². The first-order chi connectivity index (χ1) is 28.7. The molecule has 1 saturated heterocycles. The largest absolute Gasteiger partial charge is 0.481 e. The number of ketones is 1. The number of anilines is 1. The third-order valence-electron chi connectivity index (χ3n) is 10.5. The molecule has 2 amide bonds. The fraction of sp³-hybridized carbons (Fsp3) is 0.683. The van der Waals surface area contributed by atoms with Crippen LogP contribution in [0.2, 0.25) is 0 Å². The van der Waals surface area contributed by atoms with E-state index in [0.29, 0.717) is 57.1 Å². The summed E-state index contributed by atoms with van der Waals surface area (Å²) in [7, 11) is 0. The van der Waals surface area contributed by atoms with Crippen LogP contribution < -0.4 is 21.3 Å². The van der Waals surface area contributed by atoms with Gasteiger partial charge in [-0.2, -0.15) is 0 Å². The summed E-state index contributed by atoms with van der Waals surface area (Å²) in [6, 6.07) is 5.91. The number of carbonyl (C=O) groups is 6. The third kappa shape index (κ3) is 23.4. The van der Waals surface area contributed by atoms with Gasteiger partial charge >= 0.3 is 29.9 Å². The van der Waals surface area contributed by atoms with Gasteiger partial charge in [0.15, 0.2) is 5.11 Å². The molecule has 2 atom stereocenters. The molecule has 0 bridgehead atoms. The number of unbranched alkanes of at least 4 members (excludes halogenated alkanes) is 4. The molecule has 1 fully saturated rings. The number of amides is 2. The number of likely N-dealkylation sites (N-methyl/N-ethyl adjacent to an activating group) is 2. The molecule has 0 spiro atoms. The number of thiocarbonyl (C=S) groups is 1. The summed E-state index contributed by atoms with van der Waals surface area (Å²) in [6.07, 6.45) is 5.37. The Morgan fingerprint density at radius 1 is 0.683 bits per heavy atom. The number of nitrogens with one attached hydrogen (secondary N) is 4. The number of benzene rings is 1. The highest BCUT2D eigenvalue weighted by atomic mass is 32.1. The third-order valence-corrected chi connectivity index (χ3v) is 10.8. The summed E-state index contributed by atoms with van der Waals surface area (Å²) in [5.41, 5.74) is 1.87. The quantitative estimate of drug-likeness (QED) is 0.0493. The van der Waals surface area contributed by atoms with E-state index in [4.69, 9.17) is 17.3 Å². The van der Waals surface area contributed by atoms with Crippen LogP contribution in [0.1, 0.15) is 83.6 Å². The number of hydrogen-bond donors (Lipinski definition) is 8. The molecule has 1 aliphatic rings. The number of rotatable bonds is 26. The molecular formula is C41H68N8O10S. The van der Waals surface area contributed by atoms with Gasteiger partial charge in [-0.25, -0.2) is 9.59 Å². The number of carbonyl (C=O) groups excluding carboxylic acids is 2. The summed E-state index contributed by atoms with van der Waals surface area (Å²) >= 11 is 5.51. The average Bonchev–Trinajstić information content (AvgIpc) is 3.19. The van der Waals surface area contributed by atoms with Crippen molar-refractivity contribution in [2.75, 3.05) is 90.4 Å². The van der Waals surface area contributed by atoms with Gasteiger partial charge in [-0.15, -0.1) is 0 Å². The highest BCUT2D eigenvalue weighted by Gasteiger charge is 2.26. The Bertz CT molecular complexity index is 1500. The monoisotopic (exact) mass is 864 g/mol. The van der Waals surface area contributed by atoms with E-state index in [1.165, 1.54) is 0 Å². The van der Waals surface area contributed by atoms with Crippen LogP contribution >= 0.6 is 12.2 Å². The minimum atomic E-state index is -1.24. The van der Waals surface area contributed by atoms with E-state index in [1.54, 1.807) is 0 Å². The number of urea groups is 1. The molecule has 8 N–H and O–H groups in total. The highest BCUT2D eigenvalue weighted by Crippen LogP contribution is 2.16. The number of Topliss-reactive ketones (excluding diaryl/α,β-unsaturated/α-hetero) is 1. The van der Waals surface area contributed by atoms with Crippen LogP contribution in [-0.4, -0.2) is 178 Å². The van der Waals surface area contributed by atoms with Crippen LogP contribution in [0.25, 0.3) is 0 Å². The molecular weight excluding hydrogens is 797 g/mol. The lowest BCUT2D eigenvalue weighted by Crippen LogP contribution is -2.52. The second-order valence-electron chi connectivity index (χ2n) is 15.2. The molecule has 1 aromatic carbocycles. The van der Waals surface area contributed by atoms with Crippen molar-refractivity contribution >= 4 is 58.7 Å². The van der Waals surface area contributed by atoms with Gasteiger partial charge in [0.2, 0.25) is 0 Å². The summed E-state index contributed by atoms with van der Waals surface area (Å²) in [5, 5.41) is 49.1. The van der Waals surface area contributed by atoms with Crippen molar-refractivity contribution in [3.05, 3.63) is 29.8 Å². The number of carboxylic acids is 4. The fourth-order valence-corrected chi connectivity index (χ4v) is 7.18. The van der Waals surface area contributed by atoms with Crippen molar-refractivity contribution in [2.45, 2.75) is 96.6 Å². The van der Waals surface area contributed by atoms with Gasteiger partial charge in [0.1, 0.15) is 11.8 Å². The molecule has 0 aliphatic carbocycles. The van der Waals surface area contributed by atoms with Crippen molar-refractivity contribution in [1.82, 2.24) is 35.6 Å². The smallest absolute Gasteiger partial charge is 0.326 e. The first-order valence-electron chi connectivity index (χ1n) is 21.2. The van der Waals surface area contributed by atoms with Gasteiger partial charge in [0.05, 0.1) is 13.1 Å². The number of nitrogens with zero attached hydrogens (tertiary/aromatic N) is 4. The van der Waals surface area contributed by atoms with Gasteiger partial charge in [-0.05, 0) is 75.1 Å². The van der Waals surface area contributed by atoms with Crippen LogP contribution in [0.3, 0.4) is 0 Å². The Morgan fingerprint density at radius 2 is 1.28 bits per heavy atom. The predicted molar refractivity (Wildman–Crippen MR) is 232 cm³/mol. The zero-order chi connectivity index (χ0) is 44.3. The Balaban J connectivity index is 1.77. The Morgan fingerprint density at radius 3 is 1.92 bits per heavy atom. The first kappa shape index (κ1) is 51.7. The van der Waals surface area contributed by atoms with Gasteiger partial charge in [-0.1, -0.05) is 45.2 Å². The predicted octanol–water partition coefficient (Wildman–Crippen LogP) is 2.62. The molecule has 0 aromatic heterocycles. The molecule has 1 heterocycles.